The van der Waals surface area contributed by atoms with Crippen molar-refractivity contribution in [3.05, 3.63) is 58.7 Å². The van der Waals surface area contributed by atoms with E-state index in [0.717, 1.165) is 11.1 Å². The molecule has 0 aromatic heterocycles. The molecule has 0 aliphatic carbocycles. The van der Waals surface area contributed by atoms with Crippen LogP contribution in [0.15, 0.2) is 36.4 Å². The number of amides is 3. The van der Waals surface area contributed by atoms with Gasteiger partial charge >= 0.3 is 0 Å². The Morgan fingerprint density at radius 3 is 2.13 bits per heavy atom. The molecule has 3 amide bonds. The SMILES string of the molecule is COc1cc(C(=O)NNC(=O)CNC(=O)c2cc(C)cc(C)c2)ccc1OC(C)C. The van der Waals surface area contributed by atoms with Crippen molar-refractivity contribution in [2.24, 2.45) is 0 Å². The molecule has 0 fully saturated rings. The summed E-state index contributed by atoms with van der Waals surface area (Å²) in [6.45, 7) is 7.27. The van der Waals surface area contributed by atoms with Crippen molar-refractivity contribution in [3.63, 3.8) is 0 Å². The zero-order valence-electron chi connectivity index (χ0n) is 17.8. The Morgan fingerprint density at radius 1 is 0.867 bits per heavy atom. The Hall–Kier alpha value is -3.55. The molecule has 0 unspecified atom stereocenters. The maximum Gasteiger partial charge on any atom is 0.269 e. The number of nitrogens with one attached hydrogen (secondary N) is 3. The fraction of sp³-hybridized carbons (Fsp3) is 0.318. The lowest BCUT2D eigenvalue weighted by atomic mass is 10.1. The van der Waals surface area contributed by atoms with Gasteiger partial charge in [-0.05, 0) is 58.0 Å². The third-order valence-corrected chi connectivity index (χ3v) is 4.00. The van der Waals surface area contributed by atoms with Gasteiger partial charge in [-0.3, -0.25) is 25.2 Å². The molecule has 0 spiro atoms. The van der Waals surface area contributed by atoms with Crippen LogP contribution in [0, 0.1) is 13.8 Å². The van der Waals surface area contributed by atoms with E-state index in [-0.39, 0.29) is 24.1 Å². The fourth-order valence-electron chi connectivity index (χ4n) is 2.77. The second kappa shape index (κ2) is 10.3. The summed E-state index contributed by atoms with van der Waals surface area (Å²) in [5.41, 5.74) is 7.24. The quantitative estimate of drug-likeness (QED) is 0.604. The molecule has 0 bridgehead atoms. The Kier molecular flexibility index (Phi) is 7.80. The number of carbonyl (C=O) groups is 3. The lowest BCUT2D eigenvalue weighted by Crippen LogP contribution is -2.46. The molecule has 0 aliphatic heterocycles. The van der Waals surface area contributed by atoms with Gasteiger partial charge in [0.05, 0.1) is 19.8 Å². The number of benzene rings is 2. The van der Waals surface area contributed by atoms with E-state index in [4.69, 9.17) is 9.47 Å². The summed E-state index contributed by atoms with van der Waals surface area (Å²) in [6, 6.07) is 10.1. The van der Waals surface area contributed by atoms with E-state index < -0.39 is 11.8 Å². The minimum absolute atomic E-state index is 0.0446. The molecule has 2 rings (SSSR count). The van der Waals surface area contributed by atoms with E-state index in [2.05, 4.69) is 16.2 Å². The van der Waals surface area contributed by atoms with Crippen LogP contribution in [0.4, 0.5) is 0 Å². The minimum Gasteiger partial charge on any atom is -0.493 e. The molecule has 2 aromatic rings. The van der Waals surface area contributed by atoms with Crippen LogP contribution in [0.5, 0.6) is 11.5 Å². The predicted octanol–water partition coefficient (Wildman–Crippen LogP) is 2.29. The number of aryl methyl sites for hydroxylation is 2. The van der Waals surface area contributed by atoms with Crippen molar-refractivity contribution in [2.75, 3.05) is 13.7 Å². The van der Waals surface area contributed by atoms with Crippen molar-refractivity contribution in [1.29, 1.82) is 0 Å². The van der Waals surface area contributed by atoms with Crippen molar-refractivity contribution in [2.45, 2.75) is 33.8 Å². The van der Waals surface area contributed by atoms with Crippen LogP contribution < -0.4 is 25.6 Å². The Balaban J connectivity index is 1.88. The largest absolute Gasteiger partial charge is 0.493 e. The molecular formula is C22H27N3O5. The summed E-state index contributed by atoms with van der Waals surface area (Å²) < 4.78 is 10.9. The molecule has 30 heavy (non-hydrogen) atoms. The van der Waals surface area contributed by atoms with Gasteiger partial charge in [-0.25, -0.2) is 0 Å². The van der Waals surface area contributed by atoms with Crippen LogP contribution in [0.25, 0.3) is 0 Å². The van der Waals surface area contributed by atoms with E-state index in [1.54, 1.807) is 24.3 Å². The van der Waals surface area contributed by atoms with Gasteiger partial charge in [0.15, 0.2) is 11.5 Å². The lowest BCUT2D eigenvalue weighted by Gasteiger charge is -2.14. The standard InChI is InChI=1S/C22H27N3O5/c1-13(2)30-18-7-6-16(11-19(18)29-5)22(28)25-24-20(26)12-23-21(27)17-9-14(3)8-15(4)10-17/h6-11,13H,12H2,1-5H3,(H,23,27)(H,24,26)(H,25,28). The Morgan fingerprint density at radius 2 is 1.53 bits per heavy atom. The van der Waals surface area contributed by atoms with Gasteiger partial charge in [0.25, 0.3) is 17.7 Å². The number of hydrogen-bond donors (Lipinski definition) is 3. The highest BCUT2D eigenvalue weighted by Gasteiger charge is 2.14. The van der Waals surface area contributed by atoms with Gasteiger partial charge < -0.3 is 14.8 Å². The van der Waals surface area contributed by atoms with Gasteiger partial charge in [-0.15, -0.1) is 0 Å². The maximum absolute atomic E-state index is 12.3. The van der Waals surface area contributed by atoms with Crippen LogP contribution in [0.1, 0.15) is 45.7 Å². The average Bonchev–Trinajstić information content (AvgIpc) is 2.69. The molecular weight excluding hydrogens is 386 g/mol. The molecule has 8 nitrogen and oxygen atoms in total. The van der Waals surface area contributed by atoms with Crippen molar-refractivity contribution in [3.8, 4) is 11.5 Å². The van der Waals surface area contributed by atoms with E-state index in [1.165, 1.54) is 13.2 Å². The molecule has 0 heterocycles. The van der Waals surface area contributed by atoms with Crippen molar-refractivity contribution in [1.82, 2.24) is 16.2 Å². The first-order valence-electron chi connectivity index (χ1n) is 9.50. The van der Waals surface area contributed by atoms with Crippen LogP contribution in [-0.2, 0) is 4.79 Å². The molecule has 3 N–H and O–H groups in total. The van der Waals surface area contributed by atoms with Gasteiger partial charge in [0.1, 0.15) is 0 Å². The summed E-state index contributed by atoms with van der Waals surface area (Å²) in [5.74, 6) is -0.537. The van der Waals surface area contributed by atoms with Gasteiger partial charge in [-0.2, -0.15) is 0 Å². The van der Waals surface area contributed by atoms with E-state index in [1.807, 2.05) is 33.8 Å². The zero-order chi connectivity index (χ0) is 22.3. The third-order valence-electron chi connectivity index (χ3n) is 4.00. The minimum atomic E-state index is -0.562. The molecule has 0 saturated carbocycles. The molecule has 160 valence electrons. The van der Waals surface area contributed by atoms with Crippen molar-refractivity contribution >= 4 is 17.7 Å². The van der Waals surface area contributed by atoms with Gasteiger partial charge in [0.2, 0.25) is 0 Å². The molecule has 0 radical (unpaired) electrons. The normalized spacial score (nSPS) is 10.3. The molecule has 8 heteroatoms. The molecule has 2 aromatic carbocycles. The van der Waals surface area contributed by atoms with Crippen LogP contribution in [0.2, 0.25) is 0 Å². The number of hydrazine groups is 1. The number of hydrogen-bond acceptors (Lipinski definition) is 5. The average molecular weight is 413 g/mol. The number of rotatable bonds is 7. The third kappa shape index (κ3) is 6.51. The maximum atomic E-state index is 12.3. The Labute approximate surface area is 175 Å². The smallest absolute Gasteiger partial charge is 0.269 e. The molecule has 0 saturated heterocycles. The summed E-state index contributed by atoms with van der Waals surface area (Å²) in [6.07, 6.45) is -0.0446. The molecule has 0 atom stereocenters. The van der Waals surface area contributed by atoms with E-state index >= 15 is 0 Å². The van der Waals surface area contributed by atoms with Gasteiger partial charge in [-0.1, -0.05) is 17.2 Å². The first kappa shape index (κ1) is 22.7. The first-order valence-corrected chi connectivity index (χ1v) is 9.50. The summed E-state index contributed by atoms with van der Waals surface area (Å²) >= 11 is 0. The highest BCUT2D eigenvalue weighted by molar-refractivity contribution is 5.98. The van der Waals surface area contributed by atoms with Crippen molar-refractivity contribution < 1.29 is 23.9 Å². The summed E-state index contributed by atoms with van der Waals surface area (Å²) in [4.78, 5) is 36.4. The highest BCUT2D eigenvalue weighted by atomic mass is 16.5. The number of carbonyl (C=O) groups excluding carboxylic acids is 3. The topological polar surface area (TPSA) is 106 Å². The van der Waals surface area contributed by atoms with E-state index in [0.29, 0.717) is 17.1 Å². The second-order valence-corrected chi connectivity index (χ2v) is 7.09. The highest BCUT2D eigenvalue weighted by Crippen LogP contribution is 2.28. The zero-order valence-corrected chi connectivity index (χ0v) is 17.8. The first-order chi connectivity index (χ1) is 14.2. The summed E-state index contributed by atoms with van der Waals surface area (Å²) in [7, 11) is 1.48. The summed E-state index contributed by atoms with van der Waals surface area (Å²) in [5, 5.41) is 2.52. The van der Waals surface area contributed by atoms with Crippen LogP contribution in [-0.4, -0.2) is 37.5 Å². The number of methoxy groups -OCH3 is 1. The number of ether oxygens (including phenoxy) is 2. The van der Waals surface area contributed by atoms with Gasteiger partial charge in [0, 0.05) is 11.1 Å². The van der Waals surface area contributed by atoms with Crippen LogP contribution in [0.3, 0.4) is 0 Å². The van der Waals surface area contributed by atoms with E-state index in [9.17, 15) is 14.4 Å². The second-order valence-electron chi connectivity index (χ2n) is 7.09. The molecule has 0 aliphatic rings. The monoisotopic (exact) mass is 413 g/mol. The lowest BCUT2D eigenvalue weighted by molar-refractivity contribution is -0.120. The fourth-order valence-corrected chi connectivity index (χ4v) is 2.77. The Bertz CT molecular complexity index is 920. The predicted molar refractivity (Wildman–Crippen MR) is 113 cm³/mol. The van der Waals surface area contributed by atoms with Crippen LogP contribution >= 0.6 is 0 Å².